The van der Waals surface area contributed by atoms with Crippen molar-refractivity contribution in [2.24, 2.45) is 0 Å². The maximum absolute atomic E-state index is 13.6. The van der Waals surface area contributed by atoms with E-state index in [0.29, 0.717) is 0 Å². The Hall–Kier alpha value is -2.58. The third kappa shape index (κ3) is 3.43. The number of benzene rings is 2. The van der Waals surface area contributed by atoms with Gasteiger partial charge in [0.05, 0.1) is 17.0 Å². The van der Waals surface area contributed by atoms with Gasteiger partial charge in [-0.25, -0.2) is 17.5 Å². The highest BCUT2D eigenvalue weighted by molar-refractivity contribution is 7.89. The fourth-order valence-electron chi connectivity index (χ4n) is 1.92. The Balaban J connectivity index is 1.74. The largest absolute Gasteiger partial charge is 0.338 e. The molecule has 3 rings (SSSR count). The van der Waals surface area contributed by atoms with Crippen molar-refractivity contribution in [3.8, 4) is 11.4 Å². The van der Waals surface area contributed by atoms with Crippen molar-refractivity contribution in [1.82, 2.24) is 14.9 Å². The first kappa shape index (κ1) is 15.3. The second-order valence-corrected chi connectivity index (χ2v) is 6.40. The average molecular weight is 333 g/mol. The number of nitrogens with zero attached hydrogens (tertiary/aromatic N) is 2. The monoisotopic (exact) mass is 333 g/mol. The van der Waals surface area contributed by atoms with E-state index >= 15 is 0 Å². The lowest BCUT2D eigenvalue weighted by atomic mass is 10.2. The molecule has 2 aromatic carbocycles. The summed E-state index contributed by atoms with van der Waals surface area (Å²) in [5.41, 5.74) is 0.188. The van der Waals surface area contributed by atoms with Crippen LogP contribution >= 0.6 is 0 Å². The van der Waals surface area contributed by atoms with E-state index in [1.807, 2.05) is 0 Å². The van der Waals surface area contributed by atoms with E-state index in [-0.39, 0.29) is 28.7 Å². The standard InChI is InChI=1S/C15H12FN3O3S/c16-13-9-5-4-8-12(13)15-18-14(22-19-15)10-17-23(20,21)11-6-2-1-3-7-11/h1-9,17H,10H2. The zero-order valence-corrected chi connectivity index (χ0v) is 12.6. The van der Waals surface area contributed by atoms with Crippen molar-refractivity contribution < 1.29 is 17.3 Å². The van der Waals surface area contributed by atoms with Gasteiger partial charge in [0.2, 0.25) is 21.7 Å². The molecule has 0 spiro atoms. The summed E-state index contributed by atoms with van der Waals surface area (Å²) in [6.45, 7) is -0.182. The molecule has 1 N–H and O–H groups in total. The van der Waals surface area contributed by atoms with Crippen molar-refractivity contribution in [2.45, 2.75) is 11.4 Å². The molecule has 0 unspecified atom stereocenters. The third-order valence-electron chi connectivity index (χ3n) is 3.05. The molecule has 1 heterocycles. The molecule has 6 nitrogen and oxygen atoms in total. The van der Waals surface area contributed by atoms with Crippen molar-refractivity contribution in [2.75, 3.05) is 0 Å². The lowest BCUT2D eigenvalue weighted by Gasteiger charge is -2.03. The van der Waals surface area contributed by atoms with Crippen LogP contribution in [0.5, 0.6) is 0 Å². The van der Waals surface area contributed by atoms with Crippen LogP contribution in [-0.4, -0.2) is 18.6 Å². The van der Waals surface area contributed by atoms with Crippen LogP contribution in [0, 0.1) is 5.82 Å². The minimum atomic E-state index is -3.67. The molecule has 0 atom stereocenters. The van der Waals surface area contributed by atoms with E-state index < -0.39 is 15.8 Å². The van der Waals surface area contributed by atoms with Gasteiger partial charge in [0.25, 0.3) is 0 Å². The molecule has 8 heteroatoms. The fourth-order valence-corrected chi connectivity index (χ4v) is 2.91. The molecule has 3 aromatic rings. The number of rotatable bonds is 5. The lowest BCUT2D eigenvalue weighted by molar-refractivity contribution is 0.375. The predicted octanol–water partition coefficient (Wildman–Crippen LogP) is 2.35. The van der Waals surface area contributed by atoms with E-state index in [4.69, 9.17) is 4.52 Å². The summed E-state index contributed by atoms with van der Waals surface area (Å²) in [4.78, 5) is 4.13. The van der Waals surface area contributed by atoms with Crippen molar-refractivity contribution in [3.05, 3.63) is 66.3 Å². The highest BCUT2D eigenvalue weighted by Crippen LogP contribution is 2.19. The zero-order valence-electron chi connectivity index (χ0n) is 11.8. The first-order valence-electron chi connectivity index (χ1n) is 6.68. The van der Waals surface area contributed by atoms with Gasteiger partial charge in [0, 0.05) is 0 Å². The van der Waals surface area contributed by atoms with Gasteiger partial charge in [0.1, 0.15) is 5.82 Å². The summed E-state index contributed by atoms with van der Waals surface area (Å²) in [6.07, 6.45) is 0. The third-order valence-corrected chi connectivity index (χ3v) is 4.47. The Morgan fingerprint density at radius 2 is 1.74 bits per heavy atom. The van der Waals surface area contributed by atoms with Crippen molar-refractivity contribution in [3.63, 3.8) is 0 Å². The maximum Gasteiger partial charge on any atom is 0.242 e. The second-order valence-electron chi connectivity index (χ2n) is 4.63. The summed E-state index contributed by atoms with van der Waals surface area (Å²) in [7, 11) is -3.67. The average Bonchev–Trinajstić information content (AvgIpc) is 3.03. The molecule has 0 fully saturated rings. The number of sulfonamides is 1. The van der Waals surface area contributed by atoms with Crippen LogP contribution < -0.4 is 4.72 Å². The normalized spacial score (nSPS) is 11.5. The number of hydrogen-bond donors (Lipinski definition) is 1. The molecule has 0 amide bonds. The van der Waals surface area contributed by atoms with Gasteiger partial charge in [-0.3, -0.25) is 0 Å². The molecule has 0 aliphatic heterocycles. The van der Waals surface area contributed by atoms with E-state index in [1.54, 1.807) is 30.3 Å². The van der Waals surface area contributed by atoms with Crippen LogP contribution in [0.3, 0.4) is 0 Å². The molecule has 1 aromatic heterocycles. The quantitative estimate of drug-likeness (QED) is 0.775. The molecule has 118 valence electrons. The fraction of sp³-hybridized carbons (Fsp3) is 0.0667. The van der Waals surface area contributed by atoms with Crippen LogP contribution in [0.4, 0.5) is 4.39 Å². The van der Waals surface area contributed by atoms with Gasteiger partial charge < -0.3 is 4.52 Å². The molecule has 0 aliphatic carbocycles. The van der Waals surface area contributed by atoms with Gasteiger partial charge in [0.15, 0.2) is 0 Å². The van der Waals surface area contributed by atoms with E-state index in [1.165, 1.54) is 24.3 Å². The first-order chi connectivity index (χ1) is 11.1. The van der Waals surface area contributed by atoms with Gasteiger partial charge in [-0.05, 0) is 24.3 Å². The summed E-state index contributed by atoms with van der Waals surface area (Å²) >= 11 is 0. The minimum absolute atomic E-state index is 0.0442. The second kappa shape index (κ2) is 6.27. The van der Waals surface area contributed by atoms with Crippen LogP contribution in [-0.2, 0) is 16.6 Å². The molecule has 0 radical (unpaired) electrons. The van der Waals surface area contributed by atoms with Crippen molar-refractivity contribution >= 4 is 10.0 Å². The Morgan fingerprint density at radius 3 is 2.48 bits per heavy atom. The van der Waals surface area contributed by atoms with Gasteiger partial charge in [-0.15, -0.1) is 0 Å². The lowest BCUT2D eigenvalue weighted by Crippen LogP contribution is -2.23. The Bertz CT molecular complexity index is 910. The van der Waals surface area contributed by atoms with Crippen LogP contribution in [0.1, 0.15) is 5.89 Å². The highest BCUT2D eigenvalue weighted by Gasteiger charge is 2.16. The summed E-state index contributed by atoms with van der Waals surface area (Å²) < 4.78 is 45.1. The van der Waals surface area contributed by atoms with Crippen LogP contribution in [0.2, 0.25) is 0 Å². The SMILES string of the molecule is O=S(=O)(NCc1nc(-c2ccccc2F)no1)c1ccccc1. The summed E-state index contributed by atoms with van der Waals surface area (Å²) in [5, 5.41) is 3.66. The number of aromatic nitrogens is 2. The molecular formula is C15H12FN3O3S. The smallest absolute Gasteiger partial charge is 0.242 e. The zero-order chi connectivity index (χ0) is 16.3. The Kier molecular flexibility index (Phi) is 4.18. The molecule has 0 saturated heterocycles. The van der Waals surface area contributed by atoms with Crippen LogP contribution in [0.15, 0.2) is 64.0 Å². The number of halogens is 1. The van der Waals surface area contributed by atoms with Crippen molar-refractivity contribution in [1.29, 1.82) is 0 Å². The molecular weight excluding hydrogens is 321 g/mol. The van der Waals surface area contributed by atoms with Gasteiger partial charge in [-0.2, -0.15) is 4.98 Å². The maximum atomic E-state index is 13.6. The van der Waals surface area contributed by atoms with Gasteiger partial charge in [-0.1, -0.05) is 35.5 Å². The molecule has 0 aliphatic rings. The molecule has 23 heavy (non-hydrogen) atoms. The van der Waals surface area contributed by atoms with Gasteiger partial charge >= 0.3 is 0 Å². The number of nitrogens with one attached hydrogen (secondary N) is 1. The Labute approximate surface area is 132 Å². The topological polar surface area (TPSA) is 85.1 Å². The first-order valence-corrected chi connectivity index (χ1v) is 8.17. The highest BCUT2D eigenvalue weighted by atomic mass is 32.2. The number of hydrogen-bond acceptors (Lipinski definition) is 5. The van der Waals surface area contributed by atoms with E-state index in [9.17, 15) is 12.8 Å². The van der Waals surface area contributed by atoms with Crippen LogP contribution in [0.25, 0.3) is 11.4 Å². The predicted molar refractivity (Wildman–Crippen MR) is 80.2 cm³/mol. The van der Waals surface area contributed by atoms with E-state index in [2.05, 4.69) is 14.9 Å². The Morgan fingerprint density at radius 1 is 1.04 bits per heavy atom. The molecule has 0 bridgehead atoms. The summed E-state index contributed by atoms with van der Waals surface area (Å²) in [5.74, 6) is -0.371. The minimum Gasteiger partial charge on any atom is -0.338 e. The van der Waals surface area contributed by atoms with E-state index in [0.717, 1.165) is 0 Å². The molecule has 0 saturated carbocycles. The summed E-state index contributed by atoms with van der Waals surface area (Å²) in [6, 6.07) is 13.9.